The second kappa shape index (κ2) is 4.42. The third-order valence-corrected chi connectivity index (χ3v) is 2.41. The molecule has 0 aromatic carbocycles. The molecule has 0 bridgehead atoms. The molecule has 0 aliphatic carbocycles. The number of rotatable bonds is 3. The van der Waals surface area contributed by atoms with Crippen molar-refractivity contribution in [1.29, 1.82) is 0 Å². The van der Waals surface area contributed by atoms with E-state index in [1.807, 2.05) is 13.8 Å². The number of aromatic nitrogens is 1. The van der Waals surface area contributed by atoms with Crippen LogP contribution in [0.2, 0.25) is 5.02 Å². The number of aryl methyl sites for hydroxylation is 1. The van der Waals surface area contributed by atoms with Crippen molar-refractivity contribution in [3.05, 3.63) is 28.5 Å². The highest BCUT2D eigenvalue weighted by Gasteiger charge is 2.15. The van der Waals surface area contributed by atoms with E-state index in [4.69, 9.17) is 16.7 Å². The van der Waals surface area contributed by atoms with E-state index < -0.39 is 5.97 Å². The fourth-order valence-corrected chi connectivity index (χ4v) is 1.92. The van der Waals surface area contributed by atoms with Crippen molar-refractivity contribution in [2.24, 2.45) is 0 Å². The summed E-state index contributed by atoms with van der Waals surface area (Å²) in [6, 6.07) is 0. The maximum atomic E-state index is 10.5. The first kappa shape index (κ1) is 11.0. The van der Waals surface area contributed by atoms with Gasteiger partial charge in [-0.15, -0.1) is 0 Å². The van der Waals surface area contributed by atoms with Crippen LogP contribution in [-0.2, 0) is 4.79 Å². The zero-order chi connectivity index (χ0) is 10.7. The van der Waals surface area contributed by atoms with Gasteiger partial charge in [0.05, 0.1) is 11.4 Å². The van der Waals surface area contributed by atoms with Crippen LogP contribution in [-0.4, -0.2) is 16.1 Å². The number of carboxylic acids is 1. The predicted molar refractivity (Wildman–Crippen MR) is 54.7 cm³/mol. The first-order chi connectivity index (χ1) is 6.52. The summed E-state index contributed by atoms with van der Waals surface area (Å²) in [5, 5.41) is 9.21. The SMILES string of the molecule is Cc1cncc(Cl)c1C(C)CC(=O)O. The number of aliphatic carboxylic acids is 1. The van der Waals surface area contributed by atoms with Gasteiger partial charge in [-0.1, -0.05) is 18.5 Å². The lowest BCUT2D eigenvalue weighted by Gasteiger charge is -2.13. The van der Waals surface area contributed by atoms with Gasteiger partial charge in [0.15, 0.2) is 0 Å². The topological polar surface area (TPSA) is 50.2 Å². The Morgan fingerprint density at radius 1 is 1.64 bits per heavy atom. The van der Waals surface area contributed by atoms with E-state index in [1.54, 1.807) is 12.4 Å². The maximum Gasteiger partial charge on any atom is 0.303 e. The first-order valence-corrected chi connectivity index (χ1v) is 4.72. The predicted octanol–water partition coefficient (Wildman–Crippen LogP) is 2.62. The van der Waals surface area contributed by atoms with Crippen LogP contribution in [0.4, 0.5) is 0 Å². The molecule has 1 aromatic rings. The molecule has 0 fully saturated rings. The van der Waals surface area contributed by atoms with E-state index in [0.717, 1.165) is 11.1 Å². The van der Waals surface area contributed by atoms with E-state index >= 15 is 0 Å². The summed E-state index contributed by atoms with van der Waals surface area (Å²) in [5.74, 6) is -0.896. The summed E-state index contributed by atoms with van der Waals surface area (Å²) in [5.41, 5.74) is 1.82. The van der Waals surface area contributed by atoms with Gasteiger partial charge in [0, 0.05) is 12.4 Å². The average Bonchev–Trinajstić information content (AvgIpc) is 2.01. The fourth-order valence-electron chi connectivity index (χ4n) is 1.53. The molecular formula is C10H12ClNO2. The maximum absolute atomic E-state index is 10.5. The molecule has 0 aliphatic rings. The highest BCUT2D eigenvalue weighted by atomic mass is 35.5. The summed E-state index contributed by atoms with van der Waals surface area (Å²) in [6.07, 6.45) is 3.33. The molecule has 1 aromatic heterocycles. The van der Waals surface area contributed by atoms with Crippen LogP contribution >= 0.6 is 11.6 Å². The number of hydrogen-bond donors (Lipinski definition) is 1. The molecule has 1 unspecified atom stereocenters. The molecule has 4 heteroatoms. The van der Waals surface area contributed by atoms with Crippen molar-refractivity contribution in [3.63, 3.8) is 0 Å². The molecule has 3 nitrogen and oxygen atoms in total. The third kappa shape index (κ3) is 2.45. The Labute approximate surface area is 87.7 Å². The van der Waals surface area contributed by atoms with Crippen LogP contribution in [0, 0.1) is 6.92 Å². The van der Waals surface area contributed by atoms with Crippen LogP contribution in [0.1, 0.15) is 30.4 Å². The highest BCUT2D eigenvalue weighted by Crippen LogP contribution is 2.28. The lowest BCUT2D eigenvalue weighted by atomic mass is 9.95. The fraction of sp³-hybridized carbons (Fsp3) is 0.400. The molecule has 0 amide bonds. The number of pyridine rings is 1. The van der Waals surface area contributed by atoms with E-state index in [1.165, 1.54) is 0 Å². The van der Waals surface area contributed by atoms with Crippen molar-refractivity contribution in [2.45, 2.75) is 26.2 Å². The molecule has 1 N–H and O–H groups in total. The Kier molecular flexibility index (Phi) is 3.47. The zero-order valence-electron chi connectivity index (χ0n) is 8.12. The van der Waals surface area contributed by atoms with Crippen molar-refractivity contribution < 1.29 is 9.90 Å². The molecule has 1 atom stereocenters. The zero-order valence-corrected chi connectivity index (χ0v) is 8.88. The molecule has 1 heterocycles. The minimum absolute atomic E-state index is 0.0806. The van der Waals surface area contributed by atoms with Crippen LogP contribution in [0.15, 0.2) is 12.4 Å². The van der Waals surface area contributed by atoms with Crippen molar-refractivity contribution in [3.8, 4) is 0 Å². The molecule has 0 aliphatic heterocycles. The average molecular weight is 214 g/mol. The lowest BCUT2D eigenvalue weighted by molar-refractivity contribution is -0.137. The van der Waals surface area contributed by atoms with Gasteiger partial charge in [-0.05, 0) is 24.0 Å². The molecule has 1 rings (SSSR count). The highest BCUT2D eigenvalue weighted by molar-refractivity contribution is 6.31. The minimum Gasteiger partial charge on any atom is -0.481 e. The van der Waals surface area contributed by atoms with Crippen LogP contribution in [0.3, 0.4) is 0 Å². The Bertz CT molecular complexity index is 332. The third-order valence-electron chi connectivity index (χ3n) is 2.11. The normalized spacial score (nSPS) is 12.5. The van der Waals surface area contributed by atoms with E-state index in [9.17, 15) is 4.79 Å². The van der Waals surface area contributed by atoms with Gasteiger partial charge in [0.25, 0.3) is 0 Å². The molecule has 14 heavy (non-hydrogen) atoms. The van der Waals surface area contributed by atoms with Crippen molar-refractivity contribution >= 4 is 17.6 Å². The summed E-state index contributed by atoms with van der Waals surface area (Å²) in [6.45, 7) is 3.73. The van der Waals surface area contributed by atoms with Gasteiger partial charge in [0.2, 0.25) is 0 Å². The second-order valence-corrected chi connectivity index (χ2v) is 3.76. The lowest BCUT2D eigenvalue weighted by Crippen LogP contribution is -2.05. The van der Waals surface area contributed by atoms with Gasteiger partial charge in [0.1, 0.15) is 0 Å². The minimum atomic E-state index is -0.815. The van der Waals surface area contributed by atoms with Gasteiger partial charge < -0.3 is 5.11 Å². The molecular weight excluding hydrogens is 202 g/mol. The second-order valence-electron chi connectivity index (χ2n) is 3.35. The van der Waals surface area contributed by atoms with Crippen LogP contribution in [0.25, 0.3) is 0 Å². The first-order valence-electron chi connectivity index (χ1n) is 4.34. The molecule has 0 radical (unpaired) electrons. The van der Waals surface area contributed by atoms with Gasteiger partial charge in [-0.25, -0.2) is 0 Å². The number of carboxylic acid groups (broad SMARTS) is 1. The summed E-state index contributed by atoms with van der Waals surface area (Å²) < 4.78 is 0. The van der Waals surface area contributed by atoms with Gasteiger partial charge in [-0.3, -0.25) is 9.78 Å². The molecule has 0 spiro atoms. The smallest absolute Gasteiger partial charge is 0.303 e. The number of hydrogen-bond acceptors (Lipinski definition) is 2. The van der Waals surface area contributed by atoms with Crippen molar-refractivity contribution in [1.82, 2.24) is 4.98 Å². The Morgan fingerprint density at radius 2 is 2.29 bits per heavy atom. The van der Waals surface area contributed by atoms with E-state index in [2.05, 4.69) is 4.98 Å². The molecule has 76 valence electrons. The van der Waals surface area contributed by atoms with Gasteiger partial charge in [-0.2, -0.15) is 0 Å². The molecule has 0 saturated heterocycles. The molecule has 0 saturated carbocycles. The Morgan fingerprint density at radius 3 is 2.79 bits per heavy atom. The largest absolute Gasteiger partial charge is 0.481 e. The van der Waals surface area contributed by atoms with Gasteiger partial charge >= 0.3 is 5.97 Å². The van der Waals surface area contributed by atoms with E-state index in [0.29, 0.717) is 5.02 Å². The van der Waals surface area contributed by atoms with E-state index in [-0.39, 0.29) is 12.3 Å². The van der Waals surface area contributed by atoms with Crippen LogP contribution in [0.5, 0.6) is 0 Å². The number of halogens is 1. The quantitative estimate of drug-likeness (QED) is 0.840. The Balaban J connectivity index is 2.99. The summed E-state index contributed by atoms with van der Waals surface area (Å²) >= 11 is 5.95. The Hall–Kier alpha value is -1.09. The standard InChI is InChI=1S/C10H12ClNO2/c1-6(3-9(13)14)10-7(2)4-12-5-8(10)11/h4-6H,3H2,1-2H3,(H,13,14). The summed E-state index contributed by atoms with van der Waals surface area (Å²) in [7, 11) is 0. The van der Waals surface area contributed by atoms with Crippen molar-refractivity contribution in [2.75, 3.05) is 0 Å². The summed E-state index contributed by atoms with van der Waals surface area (Å²) in [4.78, 5) is 14.5. The number of nitrogens with zero attached hydrogens (tertiary/aromatic N) is 1. The van der Waals surface area contributed by atoms with Crippen LogP contribution < -0.4 is 0 Å². The monoisotopic (exact) mass is 213 g/mol. The number of carbonyl (C=O) groups is 1.